The third-order valence-electron chi connectivity index (χ3n) is 7.18. The van der Waals surface area contributed by atoms with Crippen LogP contribution < -0.4 is 15.0 Å². The number of aryl methyl sites for hydroxylation is 1. The van der Waals surface area contributed by atoms with Crippen LogP contribution in [0.15, 0.2) is 83.8 Å². The lowest BCUT2D eigenvalue weighted by atomic mass is 10.1. The summed E-state index contributed by atoms with van der Waals surface area (Å²) in [7, 11) is -3.49. The first-order valence-corrected chi connectivity index (χ1v) is 14.8. The fraction of sp³-hybridized carbons (Fsp3) is 0.333. The highest BCUT2D eigenvalue weighted by atomic mass is 32.2. The number of nitrogens with zero attached hydrogens (tertiary/aromatic N) is 2. The van der Waals surface area contributed by atoms with Gasteiger partial charge in [0.2, 0.25) is 15.9 Å². The van der Waals surface area contributed by atoms with E-state index in [0.29, 0.717) is 37.5 Å². The van der Waals surface area contributed by atoms with Gasteiger partial charge in [0.25, 0.3) is 5.91 Å². The highest BCUT2D eigenvalue weighted by Crippen LogP contribution is 2.34. The van der Waals surface area contributed by atoms with Crippen LogP contribution in [0.2, 0.25) is 0 Å². The van der Waals surface area contributed by atoms with Crippen molar-refractivity contribution in [1.82, 2.24) is 9.62 Å². The summed E-state index contributed by atoms with van der Waals surface area (Å²) in [6, 6.07) is 23.6. The lowest BCUT2D eigenvalue weighted by molar-refractivity contribution is -0.128. The summed E-state index contributed by atoms with van der Waals surface area (Å²) >= 11 is 0. The molecular weight excluding hydrogens is 514 g/mol. The van der Waals surface area contributed by atoms with E-state index in [1.165, 1.54) is 0 Å². The van der Waals surface area contributed by atoms with Gasteiger partial charge >= 0.3 is 0 Å². The molecule has 1 atom stereocenters. The number of hydrogen-bond acceptors (Lipinski definition) is 5. The maximum absolute atomic E-state index is 13.4. The van der Waals surface area contributed by atoms with E-state index in [1.54, 1.807) is 39.5 Å². The van der Waals surface area contributed by atoms with E-state index in [0.717, 1.165) is 30.4 Å². The molecule has 204 valence electrons. The van der Waals surface area contributed by atoms with Crippen LogP contribution in [0.1, 0.15) is 36.8 Å². The van der Waals surface area contributed by atoms with Crippen LogP contribution in [-0.2, 0) is 32.6 Å². The predicted octanol–water partition coefficient (Wildman–Crippen LogP) is 3.90. The van der Waals surface area contributed by atoms with Crippen LogP contribution in [0.25, 0.3) is 0 Å². The predicted molar refractivity (Wildman–Crippen MR) is 149 cm³/mol. The quantitative estimate of drug-likeness (QED) is 0.462. The Morgan fingerprint density at radius 3 is 2.28 bits per heavy atom. The second kappa shape index (κ2) is 12.0. The number of para-hydroxylation sites is 2. The molecule has 2 amide bonds. The van der Waals surface area contributed by atoms with E-state index < -0.39 is 16.1 Å². The Balaban J connectivity index is 1.22. The molecule has 0 spiro atoms. The van der Waals surface area contributed by atoms with Crippen molar-refractivity contribution in [3.8, 4) is 5.75 Å². The Labute approximate surface area is 229 Å². The van der Waals surface area contributed by atoms with Gasteiger partial charge in [-0.2, -0.15) is 4.31 Å². The normalized spacial score (nSPS) is 17.6. The highest BCUT2D eigenvalue weighted by molar-refractivity contribution is 7.89. The fourth-order valence-electron chi connectivity index (χ4n) is 4.97. The maximum Gasteiger partial charge on any atom is 0.263 e. The highest BCUT2D eigenvalue weighted by Gasteiger charge is 2.33. The van der Waals surface area contributed by atoms with E-state index in [1.807, 2.05) is 48.5 Å². The summed E-state index contributed by atoms with van der Waals surface area (Å²) in [5.41, 5.74) is 2.49. The summed E-state index contributed by atoms with van der Waals surface area (Å²) in [4.78, 5) is 28.2. The first-order chi connectivity index (χ1) is 18.9. The molecule has 8 nitrogen and oxygen atoms in total. The van der Waals surface area contributed by atoms with E-state index in [-0.39, 0.29) is 29.7 Å². The SMILES string of the molecule is O=C(NCc1ccccc1)[C@H]1CN(C(=O)CCc2ccc(S(=O)(=O)N3CCCCC3)cc2)c2ccccc2O1. The standard InChI is InChI=1S/C30H33N3O5S/c34-29(18-15-23-13-16-25(17-14-23)39(36,37)32-19-7-2-8-20-32)33-22-28(38-27-12-6-5-11-26(27)33)30(35)31-21-24-9-3-1-4-10-24/h1,3-6,9-14,16-17,28H,2,7-8,15,18-22H2,(H,31,35)/t28-/m1/s1. The number of nitrogens with one attached hydrogen (secondary N) is 1. The van der Waals surface area contributed by atoms with Crippen LogP contribution >= 0.6 is 0 Å². The molecule has 1 fully saturated rings. The first kappa shape index (κ1) is 26.9. The number of anilines is 1. The zero-order valence-corrected chi connectivity index (χ0v) is 22.6. The summed E-state index contributed by atoms with van der Waals surface area (Å²) < 4.78 is 33.3. The number of hydrogen-bond donors (Lipinski definition) is 1. The lowest BCUT2D eigenvalue weighted by Crippen LogP contribution is -2.50. The number of benzene rings is 3. The number of ether oxygens (including phenoxy) is 1. The molecule has 2 heterocycles. The Morgan fingerprint density at radius 2 is 1.54 bits per heavy atom. The molecule has 0 aromatic heterocycles. The molecule has 2 aliphatic heterocycles. The molecule has 2 aliphatic rings. The molecule has 1 N–H and O–H groups in total. The minimum Gasteiger partial charge on any atom is -0.477 e. The van der Waals surface area contributed by atoms with Crippen LogP contribution in [0.5, 0.6) is 5.75 Å². The number of fused-ring (bicyclic) bond motifs is 1. The summed E-state index contributed by atoms with van der Waals surface area (Å²) in [5.74, 6) is 0.0810. The van der Waals surface area contributed by atoms with Crippen molar-refractivity contribution >= 4 is 27.5 Å². The van der Waals surface area contributed by atoms with E-state index in [4.69, 9.17) is 4.74 Å². The van der Waals surface area contributed by atoms with Crippen molar-refractivity contribution in [2.45, 2.75) is 49.6 Å². The molecule has 9 heteroatoms. The molecular formula is C30H33N3O5S. The second-order valence-electron chi connectivity index (χ2n) is 9.89. The molecule has 3 aromatic rings. The number of piperidine rings is 1. The molecule has 0 saturated carbocycles. The minimum absolute atomic E-state index is 0.115. The van der Waals surface area contributed by atoms with E-state index in [2.05, 4.69) is 5.32 Å². The molecule has 0 unspecified atom stereocenters. The van der Waals surface area contributed by atoms with Crippen LogP contribution in [0, 0.1) is 0 Å². The maximum atomic E-state index is 13.4. The van der Waals surface area contributed by atoms with Crippen LogP contribution in [-0.4, -0.2) is 50.3 Å². The molecule has 0 bridgehead atoms. The molecule has 0 aliphatic carbocycles. The Bertz CT molecular complexity index is 1400. The van der Waals surface area contributed by atoms with Gasteiger partial charge < -0.3 is 15.0 Å². The van der Waals surface area contributed by atoms with Crippen molar-refractivity contribution < 1.29 is 22.7 Å². The van der Waals surface area contributed by atoms with Gasteiger partial charge in [-0.15, -0.1) is 0 Å². The molecule has 0 radical (unpaired) electrons. The topological polar surface area (TPSA) is 96.0 Å². The van der Waals surface area contributed by atoms with Gasteiger partial charge in [0.15, 0.2) is 6.10 Å². The van der Waals surface area contributed by atoms with Gasteiger partial charge in [0, 0.05) is 26.1 Å². The van der Waals surface area contributed by atoms with E-state index >= 15 is 0 Å². The Morgan fingerprint density at radius 1 is 0.846 bits per heavy atom. The van der Waals surface area contributed by atoms with Crippen molar-refractivity contribution in [2.75, 3.05) is 24.5 Å². The average Bonchev–Trinajstić information content (AvgIpc) is 2.99. The number of carbonyl (C=O) groups excluding carboxylic acids is 2. The number of amides is 2. The molecule has 39 heavy (non-hydrogen) atoms. The third kappa shape index (κ3) is 6.32. The van der Waals surface area contributed by atoms with Crippen LogP contribution in [0.3, 0.4) is 0 Å². The van der Waals surface area contributed by atoms with Gasteiger partial charge in [-0.25, -0.2) is 8.42 Å². The smallest absolute Gasteiger partial charge is 0.263 e. The zero-order valence-electron chi connectivity index (χ0n) is 21.8. The fourth-order valence-corrected chi connectivity index (χ4v) is 6.49. The Hall–Kier alpha value is -3.69. The van der Waals surface area contributed by atoms with Gasteiger partial charge in [0.1, 0.15) is 5.75 Å². The molecule has 5 rings (SSSR count). The van der Waals surface area contributed by atoms with Crippen LogP contribution in [0.4, 0.5) is 5.69 Å². The number of sulfonamides is 1. The van der Waals surface area contributed by atoms with Gasteiger partial charge in [0.05, 0.1) is 17.1 Å². The van der Waals surface area contributed by atoms with Crippen molar-refractivity contribution in [2.24, 2.45) is 0 Å². The Kier molecular flexibility index (Phi) is 8.28. The summed E-state index contributed by atoms with van der Waals surface area (Å²) in [6.45, 7) is 1.61. The molecule has 3 aromatic carbocycles. The van der Waals surface area contributed by atoms with Gasteiger partial charge in [-0.3, -0.25) is 9.59 Å². The van der Waals surface area contributed by atoms with Gasteiger partial charge in [-0.05, 0) is 54.7 Å². The number of rotatable bonds is 8. The minimum atomic E-state index is -3.49. The van der Waals surface area contributed by atoms with Crippen molar-refractivity contribution in [3.63, 3.8) is 0 Å². The summed E-state index contributed by atoms with van der Waals surface area (Å²) in [5, 5.41) is 2.90. The monoisotopic (exact) mass is 547 g/mol. The summed E-state index contributed by atoms with van der Waals surface area (Å²) in [6.07, 6.45) is 2.68. The zero-order chi connectivity index (χ0) is 27.2. The third-order valence-corrected chi connectivity index (χ3v) is 9.09. The molecule has 1 saturated heterocycles. The van der Waals surface area contributed by atoms with Gasteiger partial charge in [-0.1, -0.05) is 61.0 Å². The van der Waals surface area contributed by atoms with Crippen molar-refractivity contribution in [1.29, 1.82) is 0 Å². The average molecular weight is 548 g/mol. The number of carbonyl (C=O) groups is 2. The van der Waals surface area contributed by atoms with Crippen molar-refractivity contribution in [3.05, 3.63) is 90.0 Å². The second-order valence-corrected chi connectivity index (χ2v) is 11.8. The lowest BCUT2D eigenvalue weighted by Gasteiger charge is -2.34. The van der Waals surface area contributed by atoms with E-state index in [9.17, 15) is 18.0 Å². The first-order valence-electron chi connectivity index (χ1n) is 13.4. The largest absolute Gasteiger partial charge is 0.477 e.